The lowest BCUT2D eigenvalue weighted by molar-refractivity contribution is -0.161. The van der Waals surface area contributed by atoms with Crippen molar-refractivity contribution in [1.82, 2.24) is 0 Å². The molecular weight excluding hydrogens is 1090 g/mol. The van der Waals surface area contributed by atoms with Crippen molar-refractivity contribution in [2.45, 2.75) is 324 Å². The number of hydrogen-bond donors (Lipinski definition) is 3. The van der Waals surface area contributed by atoms with Crippen LogP contribution in [0, 0.1) is 17.8 Å². The second-order valence-electron chi connectivity index (χ2n) is 24.2. The van der Waals surface area contributed by atoms with Crippen LogP contribution in [0.3, 0.4) is 0 Å². The molecule has 0 heterocycles. The van der Waals surface area contributed by atoms with Crippen LogP contribution < -0.4 is 0 Å². The molecule has 0 saturated carbocycles. The van der Waals surface area contributed by atoms with Gasteiger partial charge in [-0.1, -0.05) is 254 Å². The van der Waals surface area contributed by atoms with E-state index in [0.717, 1.165) is 103 Å². The maximum Gasteiger partial charge on any atom is 0.472 e. The van der Waals surface area contributed by atoms with Gasteiger partial charge in [0.05, 0.1) is 26.4 Å². The summed E-state index contributed by atoms with van der Waals surface area (Å²) in [6.07, 6.45) is 35.3. The molecule has 486 valence electrons. The van der Waals surface area contributed by atoms with E-state index in [1.165, 1.54) is 103 Å². The second-order valence-corrected chi connectivity index (χ2v) is 27.1. The van der Waals surface area contributed by atoms with E-state index in [2.05, 4.69) is 48.5 Å². The Morgan fingerprint density at radius 1 is 0.329 bits per heavy atom. The van der Waals surface area contributed by atoms with Crippen molar-refractivity contribution >= 4 is 39.5 Å². The predicted octanol–water partition coefficient (Wildman–Crippen LogP) is 17.1. The minimum absolute atomic E-state index is 0.101. The van der Waals surface area contributed by atoms with Crippen LogP contribution in [-0.4, -0.2) is 96.7 Å². The van der Waals surface area contributed by atoms with E-state index in [-0.39, 0.29) is 25.7 Å². The number of carbonyl (C=O) groups is 4. The molecule has 0 aromatic carbocycles. The molecule has 0 rings (SSSR count). The molecule has 0 aromatic heterocycles. The zero-order valence-electron chi connectivity index (χ0n) is 52.9. The Morgan fingerprint density at radius 2 is 0.561 bits per heavy atom. The molecule has 82 heavy (non-hydrogen) atoms. The number of carbonyl (C=O) groups excluding carboxylic acids is 4. The van der Waals surface area contributed by atoms with E-state index in [9.17, 15) is 43.2 Å². The number of rotatable bonds is 61. The van der Waals surface area contributed by atoms with Crippen molar-refractivity contribution < 1.29 is 80.2 Å². The minimum Gasteiger partial charge on any atom is -0.462 e. The van der Waals surface area contributed by atoms with Gasteiger partial charge in [0.15, 0.2) is 12.2 Å². The van der Waals surface area contributed by atoms with E-state index >= 15 is 0 Å². The largest absolute Gasteiger partial charge is 0.472 e. The summed E-state index contributed by atoms with van der Waals surface area (Å²) in [6, 6.07) is 0. The van der Waals surface area contributed by atoms with Gasteiger partial charge in [0.25, 0.3) is 0 Å². The Balaban J connectivity index is 5.21. The lowest BCUT2D eigenvalue weighted by Gasteiger charge is -2.21. The summed E-state index contributed by atoms with van der Waals surface area (Å²) in [6.45, 7) is 11.5. The fourth-order valence-corrected chi connectivity index (χ4v) is 10.9. The Bertz CT molecular complexity index is 1630. The van der Waals surface area contributed by atoms with Gasteiger partial charge >= 0.3 is 39.5 Å². The molecule has 2 unspecified atom stereocenters. The number of hydrogen-bond acceptors (Lipinski definition) is 15. The van der Waals surface area contributed by atoms with Gasteiger partial charge in [-0.05, 0) is 43.4 Å². The Labute approximate surface area is 498 Å². The summed E-state index contributed by atoms with van der Waals surface area (Å²) in [5, 5.41) is 10.5. The summed E-state index contributed by atoms with van der Waals surface area (Å²) < 4.78 is 67.9. The molecule has 0 bridgehead atoms. The number of aliphatic hydroxyl groups excluding tert-OH is 1. The van der Waals surface area contributed by atoms with Crippen molar-refractivity contribution in [3.05, 3.63) is 0 Å². The topological polar surface area (TPSA) is 237 Å². The third-order valence-electron chi connectivity index (χ3n) is 14.4. The van der Waals surface area contributed by atoms with Crippen LogP contribution in [0.4, 0.5) is 0 Å². The molecule has 19 heteroatoms. The molecule has 5 atom stereocenters. The van der Waals surface area contributed by atoms with Crippen LogP contribution in [0.15, 0.2) is 0 Å². The average Bonchev–Trinajstić information content (AvgIpc) is 3.44. The fraction of sp³-hybridized carbons (Fsp3) is 0.937. The Hall–Kier alpha value is -1.94. The highest BCUT2D eigenvalue weighted by molar-refractivity contribution is 7.47. The SMILES string of the molecule is CCCCCCCCCCCCCCCCCC(=O)O[C@H](COC(=O)CCCCCCCCC(C)C)COP(=O)(O)OC[C@@H](O)COP(=O)(O)OC[C@@H](COC(=O)CCCCCCCCC(C)C)OC(=O)CCCCCCCCC(C)C. The quantitative estimate of drug-likeness (QED) is 0.0222. The highest BCUT2D eigenvalue weighted by atomic mass is 31.2. The van der Waals surface area contributed by atoms with Crippen LogP contribution in [-0.2, 0) is 65.4 Å². The van der Waals surface area contributed by atoms with Crippen LogP contribution >= 0.6 is 15.6 Å². The number of ether oxygens (including phenoxy) is 4. The molecule has 0 spiro atoms. The highest BCUT2D eigenvalue weighted by Crippen LogP contribution is 2.45. The first-order valence-electron chi connectivity index (χ1n) is 32.8. The first-order valence-corrected chi connectivity index (χ1v) is 35.8. The summed E-state index contributed by atoms with van der Waals surface area (Å²) >= 11 is 0. The molecule has 0 aromatic rings. The number of phosphoric acid groups is 2. The maximum atomic E-state index is 13.0. The first kappa shape index (κ1) is 80.1. The smallest absolute Gasteiger partial charge is 0.462 e. The summed E-state index contributed by atoms with van der Waals surface area (Å²) in [5.74, 6) is -0.116. The normalized spacial score (nSPS) is 14.4. The second kappa shape index (κ2) is 54.5. The zero-order chi connectivity index (χ0) is 61.0. The number of phosphoric ester groups is 2. The van der Waals surface area contributed by atoms with Gasteiger partial charge in [-0.25, -0.2) is 9.13 Å². The van der Waals surface area contributed by atoms with E-state index in [1.54, 1.807) is 0 Å². The van der Waals surface area contributed by atoms with E-state index < -0.39 is 97.5 Å². The van der Waals surface area contributed by atoms with Crippen molar-refractivity contribution in [3.8, 4) is 0 Å². The van der Waals surface area contributed by atoms with Gasteiger partial charge in [0.1, 0.15) is 19.3 Å². The van der Waals surface area contributed by atoms with Crippen LogP contribution in [0.1, 0.15) is 305 Å². The standard InChI is InChI=1S/C63H122O17P2/c1-8-9-10-11-12-13-14-15-16-17-18-19-20-32-39-46-62(67)79-58(50-73-60(65)44-37-30-24-21-27-34-41-54(2)3)52-77-81(69,70)75-48-57(64)49-76-82(71,72)78-53-59(80-63(68)47-40-33-26-23-29-36-43-56(6)7)51-74-61(66)45-38-31-25-22-28-35-42-55(4)5/h54-59,64H,8-53H2,1-7H3,(H,69,70)(H,71,72)/t57-,58-,59-/m1/s1. The lowest BCUT2D eigenvalue weighted by atomic mass is 10.0. The van der Waals surface area contributed by atoms with Crippen molar-refractivity contribution in [2.75, 3.05) is 39.6 Å². The summed E-state index contributed by atoms with van der Waals surface area (Å²) in [7, 11) is -9.88. The predicted molar refractivity (Wildman–Crippen MR) is 326 cm³/mol. The van der Waals surface area contributed by atoms with Gasteiger partial charge in [0.2, 0.25) is 0 Å². The molecule has 0 saturated heterocycles. The molecule has 17 nitrogen and oxygen atoms in total. The zero-order valence-corrected chi connectivity index (χ0v) is 54.7. The van der Waals surface area contributed by atoms with Gasteiger partial charge in [-0.3, -0.25) is 37.3 Å². The van der Waals surface area contributed by atoms with Crippen LogP contribution in [0.2, 0.25) is 0 Å². The number of esters is 4. The van der Waals surface area contributed by atoms with Gasteiger partial charge in [-0.2, -0.15) is 0 Å². The van der Waals surface area contributed by atoms with Gasteiger partial charge in [0, 0.05) is 25.7 Å². The Morgan fingerprint density at radius 3 is 0.829 bits per heavy atom. The first-order chi connectivity index (χ1) is 39.2. The monoisotopic (exact) mass is 1210 g/mol. The third-order valence-corrected chi connectivity index (χ3v) is 16.3. The van der Waals surface area contributed by atoms with Crippen LogP contribution in [0.25, 0.3) is 0 Å². The van der Waals surface area contributed by atoms with Crippen LogP contribution in [0.5, 0.6) is 0 Å². The number of aliphatic hydroxyl groups is 1. The Kier molecular flexibility index (Phi) is 53.2. The summed E-state index contributed by atoms with van der Waals surface area (Å²) in [5.41, 5.74) is 0. The van der Waals surface area contributed by atoms with E-state index in [1.807, 2.05) is 0 Å². The molecule has 0 fully saturated rings. The molecule has 0 aliphatic carbocycles. The van der Waals surface area contributed by atoms with Crippen molar-refractivity contribution in [3.63, 3.8) is 0 Å². The molecule has 3 N–H and O–H groups in total. The minimum atomic E-state index is -4.94. The van der Waals surface area contributed by atoms with Crippen molar-refractivity contribution in [1.29, 1.82) is 0 Å². The van der Waals surface area contributed by atoms with E-state index in [4.69, 9.17) is 37.0 Å². The number of unbranched alkanes of at least 4 members (excludes halogenated alkanes) is 29. The lowest BCUT2D eigenvalue weighted by Crippen LogP contribution is -2.30. The molecular formula is C63H122O17P2. The molecule has 0 amide bonds. The molecule has 0 radical (unpaired) electrons. The van der Waals surface area contributed by atoms with Crippen molar-refractivity contribution in [2.24, 2.45) is 17.8 Å². The van der Waals surface area contributed by atoms with Gasteiger partial charge in [-0.15, -0.1) is 0 Å². The van der Waals surface area contributed by atoms with Gasteiger partial charge < -0.3 is 33.8 Å². The summed E-state index contributed by atoms with van der Waals surface area (Å²) in [4.78, 5) is 72.1. The molecule has 0 aliphatic rings. The maximum absolute atomic E-state index is 13.0. The average molecular weight is 1210 g/mol. The third kappa shape index (κ3) is 57.2. The van der Waals surface area contributed by atoms with E-state index in [0.29, 0.717) is 43.4 Å². The highest BCUT2D eigenvalue weighted by Gasteiger charge is 2.30. The fourth-order valence-electron chi connectivity index (χ4n) is 9.30. The molecule has 0 aliphatic heterocycles.